The van der Waals surface area contributed by atoms with Crippen LogP contribution in [-0.2, 0) is 0 Å². The zero-order valence-electron chi connectivity index (χ0n) is 10.2. The lowest BCUT2D eigenvalue weighted by atomic mass is 10.2. The molecular formula is C10H10ClN7OS. The Balaban J connectivity index is 2.05. The van der Waals surface area contributed by atoms with Gasteiger partial charge in [-0.3, -0.25) is 0 Å². The number of halogens is 1. The van der Waals surface area contributed by atoms with Crippen molar-refractivity contribution in [3.8, 4) is 0 Å². The topological polar surface area (TPSA) is 113 Å². The van der Waals surface area contributed by atoms with E-state index in [0.717, 1.165) is 0 Å². The number of thioether (sulfide) groups is 1. The first-order valence-electron chi connectivity index (χ1n) is 5.88. The van der Waals surface area contributed by atoms with Crippen LogP contribution in [0.3, 0.4) is 0 Å². The van der Waals surface area contributed by atoms with E-state index in [1.54, 1.807) is 18.1 Å². The van der Waals surface area contributed by atoms with Crippen LogP contribution in [-0.4, -0.2) is 42.5 Å². The second-order valence-electron chi connectivity index (χ2n) is 4.33. The standard InChI is InChI=1S/C10H10ClN7OS/c11-8-7-9(14-3-13-8)18(4-15-7)10-6(16-17-12)1-5(2-19)20-10/h3-6,10,19H,1-2H2/t5-,6?,10+/m1/s1. The molecule has 0 amide bonds. The van der Waals surface area contributed by atoms with Crippen LogP contribution in [0.1, 0.15) is 11.8 Å². The first-order chi connectivity index (χ1) is 9.74. The minimum absolute atomic E-state index is 0.0326. The third-order valence-corrected chi connectivity index (χ3v) is 4.98. The molecule has 1 aliphatic heterocycles. The first kappa shape index (κ1) is 13.4. The molecule has 3 atom stereocenters. The van der Waals surface area contributed by atoms with Gasteiger partial charge in [-0.2, -0.15) is 0 Å². The predicted octanol–water partition coefficient (Wildman–Crippen LogP) is 2.15. The van der Waals surface area contributed by atoms with Crippen molar-refractivity contribution >= 4 is 34.5 Å². The molecule has 2 aromatic heterocycles. The Hall–Kier alpha value is -1.54. The molecular weight excluding hydrogens is 302 g/mol. The number of hydrogen-bond donors (Lipinski definition) is 1. The van der Waals surface area contributed by atoms with E-state index < -0.39 is 0 Å². The van der Waals surface area contributed by atoms with E-state index in [-0.39, 0.29) is 28.4 Å². The van der Waals surface area contributed by atoms with Crippen molar-refractivity contribution in [2.24, 2.45) is 5.11 Å². The quantitative estimate of drug-likeness (QED) is 0.404. The SMILES string of the molecule is [N-]=[N+]=NC1C[C@H](CO)S[C@@H]1n1cnc2c(Cl)ncnc21. The number of nitrogens with zero attached hydrogens (tertiary/aromatic N) is 7. The van der Waals surface area contributed by atoms with Gasteiger partial charge in [-0.1, -0.05) is 16.7 Å². The highest BCUT2D eigenvalue weighted by molar-refractivity contribution is 8.00. The average Bonchev–Trinajstić information content (AvgIpc) is 3.03. The molecule has 0 aliphatic carbocycles. The van der Waals surface area contributed by atoms with Crippen molar-refractivity contribution in [3.63, 3.8) is 0 Å². The van der Waals surface area contributed by atoms with E-state index in [4.69, 9.17) is 17.1 Å². The molecule has 3 rings (SSSR count). The second kappa shape index (κ2) is 5.45. The van der Waals surface area contributed by atoms with E-state index in [0.29, 0.717) is 17.6 Å². The number of rotatable bonds is 3. The smallest absolute Gasteiger partial charge is 0.165 e. The van der Waals surface area contributed by atoms with Crippen LogP contribution in [0.2, 0.25) is 5.15 Å². The number of hydrogen-bond acceptors (Lipinski definition) is 6. The summed E-state index contributed by atoms with van der Waals surface area (Å²) in [5.41, 5.74) is 9.79. The van der Waals surface area contributed by atoms with Gasteiger partial charge in [-0.15, -0.1) is 11.8 Å². The maximum Gasteiger partial charge on any atom is 0.165 e. The summed E-state index contributed by atoms with van der Waals surface area (Å²) in [6.07, 6.45) is 3.60. The summed E-state index contributed by atoms with van der Waals surface area (Å²) in [5, 5.41) is 13.3. The van der Waals surface area contributed by atoms with Crippen LogP contribution in [0.25, 0.3) is 21.6 Å². The third kappa shape index (κ3) is 2.18. The Kier molecular flexibility index (Phi) is 3.66. The molecule has 0 bridgehead atoms. The zero-order valence-corrected chi connectivity index (χ0v) is 11.7. The Morgan fingerprint density at radius 2 is 2.40 bits per heavy atom. The highest BCUT2D eigenvalue weighted by Crippen LogP contribution is 2.44. The maximum absolute atomic E-state index is 9.30. The van der Waals surface area contributed by atoms with Gasteiger partial charge in [0.05, 0.1) is 24.3 Å². The fourth-order valence-electron chi connectivity index (χ4n) is 2.28. The van der Waals surface area contributed by atoms with Gasteiger partial charge in [0.15, 0.2) is 10.8 Å². The van der Waals surface area contributed by atoms with Gasteiger partial charge in [-0.05, 0) is 12.0 Å². The van der Waals surface area contributed by atoms with Gasteiger partial charge < -0.3 is 9.67 Å². The molecule has 1 unspecified atom stereocenters. The normalized spacial score (nSPS) is 25.8. The highest BCUT2D eigenvalue weighted by atomic mass is 35.5. The number of aliphatic hydroxyl groups excluding tert-OH is 1. The maximum atomic E-state index is 9.30. The Morgan fingerprint density at radius 3 is 3.15 bits per heavy atom. The summed E-state index contributed by atoms with van der Waals surface area (Å²) in [6.45, 7) is 0.0426. The van der Waals surface area contributed by atoms with Gasteiger partial charge in [0, 0.05) is 10.2 Å². The molecule has 0 aromatic carbocycles. The molecule has 2 aromatic rings. The molecule has 10 heteroatoms. The van der Waals surface area contributed by atoms with E-state index >= 15 is 0 Å². The number of azide groups is 1. The van der Waals surface area contributed by atoms with Crippen molar-refractivity contribution in [3.05, 3.63) is 28.3 Å². The summed E-state index contributed by atoms with van der Waals surface area (Å²) < 4.78 is 1.82. The van der Waals surface area contributed by atoms with E-state index in [1.165, 1.54) is 6.33 Å². The van der Waals surface area contributed by atoms with Crippen LogP contribution in [0.5, 0.6) is 0 Å². The minimum atomic E-state index is -0.256. The molecule has 20 heavy (non-hydrogen) atoms. The molecule has 1 saturated heterocycles. The van der Waals surface area contributed by atoms with Gasteiger partial charge in [0.2, 0.25) is 0 Å². The predicted molar refractivity (Wildman–Crippen MR) is 75.4 cm³/mol. The van der Waals surface area contributed by atoms with E-state index in [1.807, 2.05) is 4.57 Å². The Morgan fingerprint density at radius 1 is 1.55 bits per heavy atom. The van der Waals surface area contributed by atoms with E-state index in [9.17, 15) is 5.11 Å². The third-order valence-electron chi connectivity index (χ3n) is 3.16. The van der Waals surface area contributed by atoms with E-state index in [2.05, 4.69) is 25.0 Å². The van der Waals surface area contributed by atoms with Crippen LogP contribution in [0.15, 0.2) is 17.8 Å². The fraction of sp³-hybridized carbons (Fsp3) is 0.500. The minimum Gasteiger partial charge on any atom is -0.395 e. The van der Waals surface area contributed by atoms with Crippen molar-refractivity contribution in [2.75, 3.05) is 6.61 Å². The molecule has 8 nitrogen and oxygen atoms in total. The highest BCUT2D eigenvalue weighted by Gasteiger charge is 2.36. The Labute approximate surface area is 122 Å². The molecule has 104 valence electrons. The monoisotopic (exact) mass is 311 g/mol. The molecule has 3 heterocycles. The van der Waals surface area contributed by atoms with Crippen molar-refractivity contribution in [1.82, 2.24) is 19.5 Å². The summed E-state index contributed by atoms with van der Waals surface area (Å²) in [5.74, 6) is 0. The number of aliphatic hydroxyl groups is 1. The largest absolute Gasteiger partial charge is 0.395 e. The lowest BCUT2D eigenvalue weighted by Crippen LogP contribution is -2.14. The summed E-state index contributed by atoms with van der Waals surface area (Å²) in [4.78, 5) is 15.2. The summed E-state index contributed by atoms with van der Waals surface area (Å²) in [6, 6.07) is -0.256. The molecule has 0 saturated carbocycles. The fourth-order valence-corrected chi connectivity index (χ4v) is 3.88. The lowest BCUT2D eigenvalue weighted by molar-refractivity contribution is 0.289. The van der Waals surface area contributed by atoms with Crippen LogP contribution in [0.4, 0.5) is 0 Å². The summed E-state index contributed by atoms with van der Waals surface area (Å²) >= 11 is 7.52. The molecule has 0 spiro atoms. The lowest BCUT2D eigenvalue weighted by Gasteiger charge is -2.16. The van der Waals surface area contributed by atoms with Gasteiger partial charge >= 0.3 is 0 Å². The second-order valence-corrected chi connectivity index (χ2v) is 6.11. The molecule has 1 aliphatic rings. The van der Waals surface area contributed by atoms with Gasteiger partial charge in [-0.25, -0.2) is 15.0 Å². The average molecular weight is 312 g/mol. The van der Waals surface area contributed by atoms with Crippen molar-refractivity contribution in [1.29, 1.82) is 0 Å². The molecule has 1 N–H and O–H groups in total. The Bertz CT molecular complexity index is 685. The zero-order chi connectivity index (χ0) is 14.1. The molecule has 1 fully saturated rings. The van der Waals surface area contributed by atoms with Gasteiger partial charge in [0.1, 0.15) is 11.8 Å². The van der Waals surface area contributed by atoms with Crippen LogP contribution < -0.4 is 0 Å². The first-order valence-corrected chi connectivity index (χ1v) is 7.20. The van der Waals surface area contributed by atoms with Crippen LogP contribution in [0, 0.1) is 0 Å². The number of imidazole rings is 1. The van der Waals surface area contributed by atoms with Crippen molar-refractivity contribution in [2.45, 2.75) is 23.1 Å². The summed E-state index contributed by atoms with van der Waals surface area (Å²) in [7, 11) is 0. The number of fused-ring (bicyclic) bond motifs is 1. The van der Waals surface area contributed by atoms with Gasteiger partial charge in [0.25, 0.3) is 0 Å². The molecule has 0 radical (unpaired) electrons. The van der Waals surface area contributed by atoms with Crippen LogP contribution >= 0.6 is 23.4 Å². The van der Waals surface area contributed by atoms with Crippen molar-refractivity contribution < 1.29 is 5.11 Å². The number of aromatic nitrogens is 4.